The molecule has 0 fully saturated rings. The van der Waals surface area contributed by atoms with Crippen LogP contribution in [0.25, 0.3) is 10.9 Å². The van der Waals surface area contributed by atoms with Crippen molar-refractivity contribution in [2.45, 2.75) is 26.2 Å². The highest BCUT2D eigenvalue weighted by atomic mass is 16.6. The largest absolute Gasteiger partial charge is 0.295 e. The van der Waals surface area contributed by atoms with Crippen molar-refractivity contribution in [1.82, 2.24) is 4.98 Å². The summed E-state index contributed by atoms with van der Waals surface area (Å²) in [5, 5.41) is 11.9. The second-order valence-electron chi connectivity index (χ2n) is 5.08. The molecule has 0 saturated heterocycles. The maximum Gasteiger partial charge on any atom is 0.295 e. The Kier molecular flexibility index (Phi) is 2.58. The van der Waals surface area contributed by atoms with E-state index in [1.54, 1.807) is 18.3 Å². The highest BCUT2D eigenvalue weighted by molar-refractivity contribution is 5.87. The standard InChI is InChI=1S/C13H14N2O2/c1-13(2,3)10-7-9-5-4-6-14-12(9)11(8-10)15(16)17/h4-8H,1-3H3. The molecule has 2 aromatic rings. The number of aromatic nitrogens is 1. The fraction of sp³-hybridized carbons (Fsp3) is 0.308. The number of nitrogens with zero attached hydrogens (tertiary/aromatic N) is 2. The van der Waals surface area contributed by atoms with E-state index in [0.29, 0.717) is 5.52 Å². The summed E-state index contributed by atoms with van der Waals surface area (Å²) in [6, 6.07) is 7.23. The highest BCUT2D eigenvalue weighted by Crippen LogP contribution is 2.31. The molecule has 1 aromatic heterocycles. The molecule has 0 aliphatic rings. The van der Waals surface area contributed by atoms with Crippen LogP contribution in [0.15, 0.2) is 30.5 Å². The van der Waals surface area contributed by atoms with Crippen molar-refractivity contribution in [3.05, 3.63) is 46.1 Å². The van der Waals surface area contributed by atoms with Crippen LogP contribution < -0.4 is 0 Å². The monoisotopic (exact) mass is 230 g/mol. The number of benzene rings is 1. The van der Waals surface area contributed by atoms with Crippen LogP contribution in [0.1, 0.15) is 26.3 Å². The minimum atomic E-state index is -0.370. The van der Waals surface area contributed by atoms with Crippen molar-refractivity contribution in [3.8, 4) is 0 Å². The number of fused-ring (bicyclic) bond motifs is 1. The van der Waals surface area contributed by atoms with Gasteiger partial charge in [-0.1, -0.05) is 26.8 Å². The Morgan fingerprint density at radius 3 is 2.59 bits per heavy atom. The molecule has 0 spiro atoms. The van der Waals surface area contributed by atoms with Crippen LogP contribution in [0.5, 0.6) is 0 Å². The van der Waals surface area contributed by atoms with E-state index in [9.17, 15) is 10.1 Å². The summed E-state index contributed by atoms with van der Waals surface area (Å²) in [6.45, 7) is 6.11. The van der Waals surface area contributed by atoms with Gasteiger partial charge in [0, 0.05) is 17.6 Å². The first-order valence-electron chi connectivity index (χ1n) is 5.43. The van der Waals surface area contributed by atoms with Crippen LogP contribution in [0.3, 0.4) is 0 Å². The Balaban J connectivity index is 2.81. The molecule has 1 heterocycles. The van der Waals surface area contributed by atoms with Gasteiger partial charge in [0.25, 0.3) is 5.69 Å². The first kappa shape index (κ1) is 11.5. The number of pyridine rings is 1. The van der Waals surface area contributed by atoms with Gasteiger partial charge in [0.1, 0.15) is 5.52 Å². The fourth-order valence-electron chi connectivity index (χ4n) is 1.75. The van der Waals surface area contributed by atoms with Crippen molar-refractivity contribution < 1.29 is 4.92 Å². The van der Waals surface area contributed by atoms with Gasteiger partial charge < -0.3 is 0 Å². The molecule has 0 N–H and O–H groups in total. The lowest BCUT2D eigenvalue weighted by Crippen LogP contribution is -2.11. The summed E-state index contributed by atoms with van der Waals surface area (Å²) < 4.78 is 0. The van der Waals surface area contributed by atoms with Crippen LogP contribution in [-0.2, 0) is 5.41 Å². The quantitative estimate of drug-likeness (QED) is 0.557. The molecule has 0 aliphatic heterocycles. The first-order valence-corrected chi connectivity index (χ1v) is 5.43. The van der Waals surface area contributed by atoms with Gasteiger partial charge in [0.05, 0.1) is 4.92 Å². The Hall–Kier alpha value is -1.97. The van der Waals surface area contributed by atoms with Gasteiger partial charge in [-0.05, 0) is 23.1 Å². The summed E-state index contributed by atoms with van der Waals surface area (Å²) in [7, 11) is 0. The topological polar surface area (TPSA) is 56.0 Å². The highest BCUT2D eigenvalue weighted by Gasteiger charge is 2.21. The third-order valence-electron chi connectivity index (χ3n) is 2.75. The molecule has 4 nitrogen and oxygen atoms in total. The number of nitro benzene ring substituents is 1. The molecule has 2 rings (SSSR count). The van der Waals surface area contributed by atoms with Gasteiger partial charge in [-0.15, -0.1) is 0 Å². The summed E-state index contributed by atoms with van der Waals surface area (Å²) in [6.07, 6.45) is 1.58. The average molecular weight is 230 g/mol. The Bertz CT molecular complexity index is 585. The maximum atomic E-state index is 11.1. The van der Waals surface area contributed by atoms with Gasteiger partial charge >= 0.3 is 0 Å². The molecule has 0 saturated carbocycles. The minimum Gasteiger partial charge on any atom is -0.258 e. The minimum absolute atomic E-state index is 0.0769. The second kappa shape index (κ2) is 3.80. The van der Waals surface area contributed by atoms with Gasteiger partial charge in [-0.3, -0.25) is 10.1 Å². The molecule has 0 amide bonds. The van der Waals surface area contributed by atoms with Crippen molar-refractivity contribution in [2.24, 2.45) is 0 Å². The molecule has 88 valence electrons. The first-order chi connectivity index (χ1) is 7.89. The lowest BCUT2D eigenvalue weighted by Gasteiger charge is -2.19. The van der Waals surface area contributed by atoms with Gasteiger partial charge in [-0.25, -0.2) is 4.98 Å². The van der Waals surface area contributed by atoms with Crippen molar-refractivity contribution in [2.75, 3.05) is 0 Å². The van der Waals surface area contributed by atoms with Crippen LogP contribution in [0, 0.1) is 10.1 Å². The lowest BCUT2D eigenvalue weighted by molar-refractivity contribution is -0.383. The molecular weight excluding hydrogens is 216 g/mol. The van der Waals surface area contributed by atoms with E-state index < -0.39 is 0 Å². The number of non-ortho nitro benzene ring substituents is 1. The summed E-state index contributed by atoms with van der Waals surface area (Å²) in [4.78, 5) is 14.8. The van der Waals surface area contributed by atoms with Gasteiger partial charge in [0.2, 0.25) is 0 Å². The van der Waals surface area contributed by atoms with E-state index in [1.165, 1.54) is 0 Å². The molecule has 4 heteroatoms. The summed E-state index contributed by atoms with van der Waals surface area (Å²) in [5.74, 6) is 0. The third kappa shape index (κ3) is 2.11. The lowest BCUT2D eigenvalue weighted by atomic mass is 9.86. The zero-order chi connectivity index (χ0) is 12.6. The predicted octanol–water partition coefficient (Wildman–Crippen LogP) is 3.44. The average Bonchev–Trinajstić information content (AvgIpc) is 2.26. The third-order valence-corrected chi connectivity index (χ3v) is 2.75. The maximum absolute atomic E-state index is 11.1. The molecule has 0 radical (unpaired) electrons. The number of nitro groups is 1. The Morgan fingerprint density at radius 2 is 2.00 bits per heavy atom. The summed E-state index contributed by atoms with van der Waals surface area (Å²) >= 11 is 0. The fourth-order valence-corrected chi connectivity index (χ4v) is 1.75. The molecule has 0 bridgehead atoms. The normalized spacial score (nSPS) is 11.7. The van der Waals surface area contributed by atoms with Crippen molar-refractivity contribution in [1.29, 1.82) is 0 Å². The van der Waals surface area contributed by atoms with E-state index in [2.05, 4.69) is 4.98 Å². The van der Waals surface area contributed by atoms with Gasteiger partial charge in [0.15, 0.2) is 0 Å². The second-order valence-corrected chi connectivity index (χ2v) is 5.08. The molecule has 1 aromatic carbocycles. The SMILES string of the molecule is CC(C)(C)c1cc([N+](=O)[O-])c2ncccc2c1. The van der Waals surface area contributed by atoms with E-state index in [-0.39, 0.29) is 16.0 Å². The summed E-state index contributed by atoms with van der Waals surface area (Å²) in [5.41, 5.74) is 1.36. The molecule has 17 heavy (non-hydrogen) atoms. The van der Waals surface area contributed by atoms with E-state index >= 15 is 0 Å². The number of hydrogen-bond donors (Lipinski definition) is 0. The number of hydrogen-bond acceptors (Lipinski definition) is 3. The van der Waals surface area contributed by atoms with Gasteiger partial charge in [-0.2, -0.15) is 0 Å². The molecule has 0 aliphatic carbocycles. The van der Waals surface area contributed by atoms with Crippen LogP contribution in [-0.4, -0.2) is 9.91 Å². The number of rotatable bonds is 1. The molecule has 0 atom stereocenters. The zero-order valence-electron chi connectivity index (χ0n) is 10.1. The van der Waals surface area contributed by atoms with Crippen molar-refractivity contribution in [3.63, 3.8) is 0 Å². The Morgan fingerprint density at radius 1 is 1.29 bits per heavy atom. The van der Waals surface area contributed by atoms with E-state index in [0.717, 1.165) is 10.9 Å². The molecule has 0 unspecified atom stereocenters. The Labute approximate surface area is 99.4 Å². The zero-order valence-corrected chi connectivity index (χ0v) is 10.1. The van der Waals surface area contributed by atoms with Crippen LogP contribution in [0.4, 0.5) is 5.69 Å². The smallest absolute Gasteiger partial charge is 0.258 e. The van der Waals surface area contributed by atoms with Crippen LogP contribution >= 0.6 is 0 Å². The molecular formula is C13H14N2O2. The van der Waals surface area contributed by atoms with Crippen LogP contribution in [0.2, 0.25) is 0 Å². The van der Waals surface area contributed by atoms with E-state index in [1.807, 2.05) is 32.9 Å². The van der Waals surface area contributed by atoms with Crippen molar-refractivity contribution >= 4 is 16.6 Å². The van der Waals surface area contributed by atoms with E-state index in [4.69, 9.17) is 0 Å². The predicted molar refractivity (Wildman–Crippen MR) is 67.1 cm³/mol.